The smallest absolute Gasteiger partial charge is 0.123 e. The lowest BCUT2D eigenvalue weighted by Crippen LogP contribution is -2.48. The number of hydrogen-bond donors (Lipinski definition) is 1. The van der Waals surface area contributed by atoms with Crippen LogP contribution in [0.3, 0.4) is 0 Å². The van der Waals surface area contributed by atoms with Gasteiger partial charge in [-0.2, -0.15) is 0 Å². The highest BCUT2D eigenvalue weighted by Gasteiger charge is 2.31. The molecule has 2 rings (SSSR count). The van der Waals surface area contributed by atoms with Gasteiger partial charge in [-0.1, -0.05) is 12.1 Å². The Balaban J connectivity index is 2.12. The Labute approximate surface area is 89.9 Å². The second-order valence-electron chi connectivity index (χ2n) is 4.38. The largest absolute Gasteiger partial charge is 0.330 e. The highest BCUT2D eigenvalue weighted by Crippen LogP contribution is 2.30. The summed E-state index contributed by atoms with van der Waals surface area (Å²) >= 11 is 0. The van der Waals surface area contributed by atoms with E-state index < -0.39 is 0 Å². The molecule has 0 radical (unpaired) electrons. The molecule has 1 heterocycles. The highest BCUT2D eigenvalue weighted by atomic mass is 19.1. The quantitative estimate of drug-likeness (QED) is 0.814. The predicted octanol–water partition coefficient (Wildman–Crippen LogP) is 1.43. The van der Waals surface area contributed by atoms with Gasteiger partial charge in [0, 0.05) is 19.0 Å². The van der Waals surface area contributed by atoms with Gasteiger partial charge in [0.25, 0.3) is 0 Å². The van der Waals surface area contributed by atoms with Gasteiger partial charge in [0.1, 0.15) is 5.82 Å². The Morgan fingerprint density at radius 2 is 2.27 bits per heavy atom. The fourth-order valence-electron chi connectivity index (χ4n) is 2.34. The third-order valence-electron chi connectivity index (χ3n) is 3.19. The van der Waals surface area contributed by atoms with Crippen LogP contribution >= 0.6 is 0 Å². The molecule has 1 aliphatic rings. The van der Waals surface area contributed by atoms with Crippen LogP contribution in [0.5, 0.6) is 0 Å². The minimum atomic E-state index is -0.168. The van der Waals surface area contributed by atoms with Crippen LogP contribution in [-0.4, -0.2) is 31.6 Å². The van der Waals surface area contributed by atoms with Crippen molar-refractivity contribution in [1.82, 2.24) is 4.90 Å². The maximum atomic E-state index is 13.1. The summed E-state index contributed by atoms with van der Waals surface area (Å²) in [4.78, 5) is 2.26. The van der Waals surface area contributed by atoms with Crippen molar-refractivity contribution < 1.29 is 4.39 Å². The van der Waals surface area contributed by atoms with Crippen LogP contribution in [0.15, 0.2) is 24.3 Å². The molecule has 1 aromatic rings. The van der Waals surface area contributed by atoms with E-state index in [4.69, 9.17) is 5.73 Å². The SMILES string of the molecule is CN1CC(C(CN)c2cccc(F)c2)C1. The van der Waals surface area contributed by atoms with Crippen molar-refractivity contribution in [2.75, 3.05) is 26.7 Å². The fourth-order valence-corrected chi connectivity index (χ4v) is 2.34. The predicted molar refractivity (Wildman–Crippen MR) is 59.2 cm³/mol. The van der Waals surface area contributed by atoms with E-state index in [1.165, 1.54) is 6.07 Å². The van der Waals surface area contributed by atoms with Gasteiger partial charge in [-0.05, 0) is 37.2 Å². The average Bonchev–Trinajstić information content (AvgIpc) is 2.16. The molecular weight excluding hydrogens is 191 g/mol. The van der Waals surface area contributed by atoms with Gasteiger partial charge in [-0.3, -0.25) is 0 Å². The number of nitrogens with two attached hydrogens (primary N) is 1. The zero-order valence-electron chi connectivity index (χ0n) is 8.99. The third-order valence-corrected chi connectivity index (χ3v) is 3.19. The Morgan fingerprint density at radius 3 is 2.80 bits per heavy atom. The lowest BCUT2D eigenvalue weighted by Gasteiger charge is -2.41. The molecule has 1 aromatic carbocycles. The van der Waals surface area contributed by atoms with Gasteiger partial charge in [0.2, 0.25) is 0 Å². The topological polar surface area (TPSA) is 29.3 Å². The zero-order chi connectivity index (χ0) is 10.8. The van der Waals surface area contributed by atoms with Crippen molar-refractivity contribution in [2.24, 2.45) is 11.7 Å². The van der Waals surface area contributed by atoms with Gasteiger partial charge >= 0.3 is 0 Å². The van der Waals surface area contributed by atoms with Crippen LogP contribution in [0.1, 0.15) is 11.5 Å². The number of likely N-dealkylation sites (tertiary alicyclic amines) is 1. The van der Waals surface area contributed by atoms with Crippen LogP contribution < -0.4 is 5.73 Å². The van der Waals surface area contributed by atoms with Gasteiger partial charge in [0.05, 0.1) is 0 Å². The van der Waals surface area contributed by atoms with E-state index in [-0.39, 0.29) is 5.82 Å². The molecule has 2 nitrogen and oxygen atoms in total. The van der Waals surface area contributed by atoms with Crippen molar-refractivity contribution in [3.8, 4) is 0 Å². The lowest BCUT2D eigenvalue weighted by atomic mass is 9.81. The molecule has 3 heteroatoms. The Kier molecular flexibility index (Phi) is 3.03. The lowest BCUT2D eigenvalue weighted by molar-refractivity contribution is 0.112. The molecule has 2 N–H and O–H groups in total. The first kappa shape index (κ1) is 10.6. The highest BCUT2D eigenvalue weighted by molar-refractivity contribution is 5.22. The molecule has 0 amide bonds. The van der Waals surface area contributed by atoms with Crippen LogP contribution in [0.25, 0.3) is 0 Å². The van der Waals surface area contributed by atoms with Crippen LogP contribution in [0.4, 0.5) is 4.39 Å². The summed E-state index contributed by atoms with van der Waals surface area (Å²) in [5, 5.41) is 0. The number of halogens is 1. The van der Waals surface area contributed by atoms with E-state index in [2.05, 4.69) is 11.9 Å². The van der Waals surface area contributed by atoms with E-state index in [0.717, 1.165) is 18.7 Å². The molecule has 1 aliphatic heterocycles. The summed E-state index contributed by atoms with van der Waals surface area (Å²) in [6.45, 7) is 2.73. The van der Waals surface area contributed by atoms with E-state index in [9.17, 15) is 4.39 Å². The molecule has 15 heavy (non-hydrogen) atoms. The molecule has 1 unspecified atom stereocenters. The monoisotopic (exact) mass is 208 g/mol. The maximum Gasteiger partial charge on any atom is 0.123 e. The fraction of sp³-hybridized carbons (Fsp3) is 0.500. The van der Waals surface area contributed by atoms with Gasteiger partial charge in [0.15, 0.2) is 0 Å². The zero-order valence-corrected chi connectivity index (χ0v) is 8.99. The van der Waals surface area contributed by atoms with E-state index >= 15 is 0 Å². The Hall–Kier alpha value is -0.930. The standard InChI is InChI=1S/C12H17FN2/c1-15-7-10(8-15)12(6-14)9-3-2-4-11(13)5-9/h2-5,10,12H,6-8,14H2,1H3. The van der Waals surface area contributed by atoms with E-state index in [0.29, 0.717) is 18.4 Å². The normalized spacial score (nSPS) is 19.9. The first-order valence-corrected chi connectivity index (χ1v) is 5.35. The molecule has 1 saturated heterocycles. The van der Waals surface area contributed by atoms with Gasteiger partial charge in [-0.15, -0.1) is 0 Å². The van der Waals surface area contributed by atoms with Crippen LogP contribution in [-0.2, 0) is 0 Å². The Bertz CT molecular complexity index is 334. The molecule has 1 atom stereocenters. The second-order valence-corrected chi connectivity index (χ2v) is 4.38. The summed E-state index contributed by atoms with van der Waals surface area (Å²) in [7, 11) is 2.09. The van der Waals surface area contributed by atoms with Crippen molar-refractivity contribution >= 4 is 0 Å². The number of nitrogens with zero attached hydrogens (tertiary/aromatic N) is 1. The molecule has 0 bridgehead atoms. The van der Waals surface area contributed by atoms with E-state index in [1.54, 1.807) is 12.1 Å². The minimum absolute atomic E-state index is 0.168. The molecular formula is C12H17FN2. The molecule has 1 fully saturated rings. The minimum Gasteiger partial charge on any atom is -0.330 e. The summed E-state index contributed by atoms with van der Waals surface area (Å²) in [6.07, 6.45) is 0. The second kappa shape index (κ2) is 4.29. The summed E-state index contributed by atoms with van der Waals surface area (Å²) in [6, 6.07) is 6.81. The molecule has 82 valence electrons. The van der Waals surface area contributed by atoms with Crippen molar-refractivity contribution in [1.29, 1.82) is 0 Å². The number of rotatable bonds is 3. The summed E-state index contributed by atoms with van der Waals surface area (Å²) in [5.41, 5.74) is 6.81. The number of benzene rings is 1. The summed E-state index contributed by atoms with van der Waals surface area (Å²) in [5.74, 6) is 0.720. The van der Waals surface area contributed by atoms with Crippen LogP contribution in [0.2, 0.25) is 0 Å². The molecule has 0 spiro atoms. The van der Waals surface area contributed by atoms with Crippen LogP contribution in [0, 0.1) is 11.7 Å². The third kappa shape index (κ3) is 2.19. The molecule has 0 aliphatic carbocycles. The van der Waals surface area contributed by atoms with Gasteiger partial charge < -0.3 is 10.6 Å². The molecule has 0 aromatic heterocycles. The number of hydrogen-bond acceptors (Lipinski definition) is 2. The maximum absolute atomic E-state index is 13.1. The van der Waals surface area contributed by atoms with E-state index in [1.807, 2.05) is 6.07 Å². The van der Waals surface area contributed by atoms with Gasteiger partial charge in [-0.25, -0.2) is 4.39 Å². The average molecular weight is 208 g/mol. The van der Waals surface area contributed by atoms with Crippen molar-refractivity contribution in [3.05, 3.63) is 35.6 Å². The molecule has 0 saturated carbocycles. The summed E-state index contributed by atoms with van der Waals surface area (Å²) < 4.78 is 13.1. The first-order valence-electron chi connectivity index (χ1n) is 5.35. The van der Waals surface area contributed by atoms with Crippen molar-refractivity contribution in [3.63, 3.8) is 0 Å². The first-order chi connectivity index (χ1) is 7.20. The van der Waals surface area contributed by atoms with Crippen molar-refractivity contribution in [2.45, 2.75) is 5.92 Å². The Morgan fingerprint density at radius 1 is 1.53 bits per heavy atom.